The van der Waals surface area contributed by atoms with Gasteiger partial charge in [0.25, 0.3) is 0 Å². The summed E-state index contributed by atoms with van der Waals surface area (Å²) in [5, 5.41) is 14.2. The minimum absolute atomic E-state index is 0.330. The van der Waals surface area contributed by atoms with Gasteiger partial charge < -0.3 is 15.4 Å². The lowest BCUT2D eigenvalue weighted by atomic mass is 10.1. The van der Waals surface area contributed by atoms with Crippen LogP contribution in [-0.2, 0) is 6.42 Å². The molecule has 3 N–H and O–H groups in total. The molecule has 0 atom stereocenters. The number of phenols is 1. The van der Waals surface area contributed by atoms with Gasteiger partial charge in [0.05, 0.1) is 0 Å². The monoisotopic (exact) mass is 246 g/mol. The van der Waals surface area contributed by atoms with Gasteiger partial charge in [-0.05, 0) is 49.6 Å². The van der Waals surface area contributed by atoms with Gasteiger partial charge in [-0.25, -0.2) is 0 Å². The Morgan fingerprint density at radius 3 is 2.78 bits per heavy atom. The Hall–Kier alpha value is -1.48. The fourth-order valence-electron chi connectivity index (χ4n) is 2.36. The number of aromatic amines is 1. The van der Waals surface area contributed by atoms with Gasteiger partial charge in [0.2, 0.25) is 0 Å². The van der Waals surface area contributed by atoms with Gasteiger partial charge in [-0.3, -0.25) is 0 Å². The van der Waals surface area contributed by atoms with Crippen LogP contribution in [0, 0.1) is 0 Å². The topological polar surface area (TPSA) is 48.0 Å². The fraction of sp³-hybridized carbons (Fsp3) is 0.467. The van der Waals surface area contributed by atoms with Crippen LogP contribution >= 0.6 is 0 Å². The Kier molecular flexibility index (Phi) is 4.26. The minimum Gasteiger partial charge on any atom is -0.508 e. The van der Waals surface area contributed by atoms with Crippen molar-refractivity contribution in [2.24, 2.45) is 0 Å². The van der Waals surface area contributed by atoms with E-state index in [1.165, 1.54) is 18.4 Å². The second kappa shape index (κ2) is 5.91. The summed E-state index contributed by atoms with van der Waals surface area (Å²) >= 11 is 0. The molecule has 0 bridgehead atoms. The smallest absolute Gasteiger partial charge is 0.116 e. The van der Waals surface area contributed by atoms with Crippen molar-refractivity contribution in [2.45, 2.75) is 39.2 Å². The third kappa shape index (κ3) is 2.85. The highest BCUT2D eigenvalue weighted by molar-refractivity contribution is 5.84. The molecule has 3 nitrogen and oxygen atoms in total. The van der Waals surface area contributed by atoms with Crippen LogP contribution in [-0.4, -0.2) is 22.7 Å². The second-order valence-corrected chi connectivity index (χ2v) is 4.76. The number of hydrogen-bond acceptors (Lipinski definition) is 2. The summed E-state index contributed by atoms with van der Waals surface area (Å²) in [4.78, 5) is 3.24. The van der Waals surface area contributed by atoms with E-state index in [4.69, 9.17) is 0 Å². The van der Waals surface area contributed by atoms with E-state index in [2.05, 4.69) is 24.1 Å². The number of rotatable bonds is 6. The first kappa shape index (κ1) is 13.0. The molecule has 1 aromatic carbocycles. The molecule has 0 amide bonds. The molecule has 0 spiro atoms. The molecular weight excluding hydrogens is 224 g/mol. The summed E-state index contributed by atoms with van der Waals surface area (Å²) < 4.78 is 0. The number of aromatic hydroxyl groups is 1. The van der Waals surface area contributed by atoms with Crippen molar-refractivity contribution in [1.29, 1.82) is 0 Å². The molecule has 0 aliphatic heterocycles. The summed E-state index contributed by atoms with van der Waals surface area (Å²) in [7, 11) is 0. The van der Waals surface area contributed by atoms with Gasteiger partial charge >= 0.3 is 0 Å². The molecule has 98 valence electrons. The number of benzene rings is 1. The predicted octanol–water partition coefficient (Wildman–Crippen LogP) is 3.19. The zero-order chi connectivity index (χ0) is 13.0. The van der Waals surface area contributed by atoms with Crippen LogP contribution in [0.5, 0.6) is 5.75 Å². The molecule has 0 aliphatic carbocycles. The number of fused-ring (bicyclic) bond motifs is 1. The van der Waals surface area contributed by atoms with Crippen LogP contribution in [0.25, 0.3) is 10.9 Å². The lowest BCUT2D eigenvalue weighted by Crippen LogP contribution is -2.29. The second-order valence-electron chi connectivity index (χ2n) is 4.76. The maximum Gasteiger partial charge on any atom is 0.116 e. The third-order valence-corrected chi connectivity index (χ3v) is 3.56. The largest absolute Gasteiger partial charge is 0.508 e. The van der Waals surface area contributed by atoms with Crippen LogP contribution in [0.4, 0.5) is 0 Å². The number of nitrogens with one attached hydrogen (secondary N) is 2. The first-order chi connectivity index (χ1) is 8.74. The molecule has 0 saturated heterocycles. The molecule has 1 aromatic heterocycles. The van der Waals surface area contributed by atoms with Crippen LogP contribution in [0.3, 0.4) is 0 Å². The van der Waals surface area contributed by atoms with E-state index >= 15 is 0 Å². The molecule has 3 heteroatoms. The summed E-state index contributed by atoms with van der Waals surface area (Å²) in [6, 6.07) is 6.08. The van der Waals surface area contributed by atoms with E-state index < -0.39 is 0 Å². The average molecular weight is 246 g/mol. The Morgan fingerprint density at radius 1 is 1.28 bits per heavy atom. The summed E-state index contributed by atoms with van der Waals surface area (Å²) in [6.45, 7) is 5.41. The average Bonchev–Trinajstić information content (AvgIpc) is 2.77. The molecule has 18 heavy (non-hydrogen) atoms. The molecule has 0 saturated carbocycles. The van der Waals surface area contributed by atoms with E-state index in [0.717, 1.165) is 23.9 Å². The SMILES string of the molecule is CCC(CC)NCCc1c[nH]c2ccc(O)cc12. The van der Waals surface area contributed by atoms with Crippen molar-refractivity contribution in [1.82, 2.24) is 10.3 Å². The fourth-order valence-corrected chi connectivity index (χ4v) is 2.36. The van der Waals surface area contributed by atoms with Crippen molar-refractivity contribution in [3.8, 4) is 5.75 Å². The van der Waals surface area contributed by atoms with Crippen molar-refractivity contribution in [3.05, 3.63) is 30.0 Å². The number of phenolic OH excluding ortho intramolecular Hbond substituents is 1. The molecular formula is C15H22N2O. The van der Waals surface area contributed by atoms with E-state index in [-0.39, 0.29) is 0 Å². The van der Waals surface area contributed by atoms with Crippen molar-refractivity contribution in [2.75, 3.05) is 6.54 Å². The molecule has 1 heterocycles. The first-order valence-corrected chi connectivity index (χ1v) is 6.77. The highest BCUT2D eigenvalue weighted by Crippen LogP contribution is 2.23. The van der Waals surface area contributed by atoms with E-state index in [0.29, 0.717) is 11.8 Å². The van der Waals surface area contributed by atoms with E-state index in [9.17, 15) is 5.11 Å². The zero-order valence-corrected chi connectivity index (χ0v) is 11.2. The highest BCUT2D eigenvalue weighted by Gasteiger charge is 2.06. The van der Waals surface area contributed by atoms with Gasteiger partial charge in [0, 0.05) is 23.1 Å². The number of H-pyrrole nitrogens is 1. The normalized spacial score (nSPS) is 11.5. The molecule has 0 radical (unpaired) electrons. The van der Waals surface area contributed by atoms with Crippen LogP contribution in [0.2, 0.25) is 0 Å². The Bertz CT molecular complexity index is 500. The maximum atomic E-state index is 9.53. The van der Waals surface area contributed by atoms with Crippen molar-refractivity contribution < 1.29 is 5.11 Å². The molecule has 2 aromatic rings. The quantitative estimate of drug-likeness (QED) is 0.733. The van der Waals surface area contributed by atoms with Crippen molar-refractivity contribution in [3.63, 3.8) is 0 Å². The summed E-state index contributed by atoms with van der Waals surface area (Å²) in [6.07, 6.45) is 5.37. The van der Waals surface area contributed by atoms with Crippen molar-refractivity contribution >= 4 is 10.9 Å². The Morgan fingerprint density at radius 2 is 2.06 bits per heavy atom. The van der Waals surface area contributed by atoms with E-state index in [1.54, 1.807) is 6.07 Å². The summed E-state index contributed by atoms with van der Waals surface area (Å²) in [5.41, 5.74) is 2.35. The standard InChI is InChI=1S/C15H22N2O/c1-3-12(4-2)16-8-7-11-10-17-15-6-5-13(18)9-14(11)15/h5-6,9-10,12,16-18H,3-4,7-8H2,1-2H3. The minimum atomic E-state index is 0.330. The zero-order valence-electron chi connectivity index (χ0n) is 11.2. The molecule has 0 aliphatic rings. The Balaban J connectivity index is 2.01. The lowest BCUT2D eigenvalue weighted by molar-refractivity contribution is 0.476. The van der Waals surface area contributed by atoms with Crippen LogP contribution in [0.15, 0.2) is 24.4 Å². The summed E-state index contributed by atoms with van der Waals surface area (Å²) in [5.74, 6) is 0.330. The van der Waals surface area contributed by atoms with Gasteiger partial charge in [-0.15, -0.1) is 0 Å². The predicted molar refractivity (Wildman–Crippen MR) is 76.0 cm³/mol. The highest BCUT2D eigenvalue weighted by atomic mass is 16.3. The molecule has 0 unspecified atom stereocenters. The van der Waals surface area contributed by atoms with Crippen LogP contribution in [0.1, 0.15) is 32.3 Å². The lowest BCUT2D eigenvalue weighted by Gasteiger charge is -2.14. The molecule has 2 rings (SSSR count). The van der Waals surface area contributed by atoms with Crippen LogP contribution < -0.4 is 5.32 Å². The Labute approximate surface area is 108 Å². The van der Waals surface area contributed by atoms with Gasteiger partial charge in [-0.1, -0.05) is 13.8 Å². The maximum absolute atomic E-state index is 9.53. The van der Waals surface area contributed by atoms with Gasteiger partial charge in [0.1, 0.15) is 5.75 Å². The number of hydrogen-bond donors (Lipinski definition) is 3. The van der Waals surface area contributed by atoms with E-state index in [1.807, 2.05) is 18.3 Å². The number of aromatic nitrogens is 1. The molecule has 0 fully saturated rings. The van der Waals surface area contributed by atoms with Gasteiger partial charge in [0.15, 0.2) is 0 Å². The first-order valence-electron chi connectivity index (χ1n) is 6.77. The third-order valence-electron chi connectivity index (χ3n) is 3.56. The van der Waals surface area contributed by atoms with Gasteiger partial charge in [-0.2, -0.15) is 0 Å².